The fraction of sp³-hybridized carbons (Fsp3) is 0.0833. The predicted octanol–water partition coefficient (Wildman–Crippen LogP) is 2.18. The molecule has 1 amide bonds. The molecule has 0 saturated heterocycles. The highest BCUT2D eigenvalue weighted by molar-refractivity contribution is 6.02. The molecule has 0 radical (unpaired) electrons. The van der Waals surface area contributed by atoms with Gasteiger partial charge in [-0.3, -0.25) is 9.78 Å². The predicted molar refractivity (Wildman–Crippen MR) is 61.1 cm³/mol. The summed E-state index contributed by atoms with van der Waals surface area (Å²) >= 11 is 0. The van der Waals surface area contributed by atoms with Crippen molar-refractivity contribution in [1.82, 2.24) is 9.97 Å². The largest absolute Gasteiger partial charge is 0.321 e. The zero-order valence-corrected chi connectivity index (χ0v) is 9.14. The number of nitrogens with zero attached hydrogens (tertiary/aromatic N) is 2. The molecule has 1 aromatic carbocycles. The van der Waals surface area contributed by atoms with Gasteiger partial charge in [-0.1, -0.05) is 6.07 Å². The van der Waals surface area contributed by atoms with E-state index in [0.29, 0.717) is 11.3 Å². The average Bonchev–Trinajstić information content (AvgIpc) is 2.35. The van der Waals surface area contributed by atoms with Crippen molar-refractivity contribution in [2.24, 2.45) is 0 Å². The highest BCUT2D eigenvalue weighted by atomic mass is 19.1. The second kappa shape index (κ2) is 4.69. The first-order valence-electron chi connectivity index (χ1n) is 5.00. The standard InChI is InChI=1S/C12H10FN3O/c1-8-2-3-9(6-10(8)13)16-12(17)11-7-14-4-5-15-11/h2-7H,1H3,(H,16,17). The van der Waals surface area contributed by atoms with Gasteiger partial charge in [0.1, 0.15) is 11.5 Å². The van der Waals surface area contributed by atoms with Gasteiger partial charge in [0, 0.05) is 18.1 Å². The Labute approximate surface area is 97.5 Å². The van der Waals surface area contributed by atoms with Gasteiger partial charge in [-0.15, -0.1) is 0 Å². The number of anilines is 1. The number of hydrogen-bond acceptors (Lipinski definition) is 3. The lowest BCUT2D eigenvalue weighted by Crippen LogP contribution is -2.13. The summed E-state index contributed by atoms with van der Waals surface area (Å²) in [6.45, 7) is 1.66. The number of carbonyl (C=O) groups excluding carboxylic acids is 1. The molecule has 0 aliphatic carbocycles. The van der Waals surface area contributed by atoms with Gasteiger partial charge in [-0.25, -0.2) is 9.37 Å². The molecule has 17 heavy (non-hydrogen) atoms. The van der Waals surface area contributed by atoms with Gasteiger partial charge in [0.05, 0.1) is 6.20 Å². The molecular weight excluding hydrogens is 221 g/mol. The molecule has 0 aliphatic rings. The van der Waals surface area contributed by atoms with Gasteiger partial charge in [-0.2, -0.15) is 0 Å². The van der Waals surface area contributed by atoms with Crippen LogP contribution in [0.15, 0.2) is 36.8 Å². The molecule has 0 atom stereocenters. The number of halogens is 1. The maximum absolute atomic E-state index is 13.3. The van der Waals surface area contributed by atoms with E-state index in [9.17, 15) is 9.18 Å². The second-order valence-electron chi connectivity index (χ2n) is 3.51. The van der Waals surface area contributed by atoms with E-state index in [1.165, 1.54) is 24.7 Å². The molecule has 0 saturated carbocycles. The van der Waals surface area contributed by atoms with E-state index in [4.69, 9.17) is 0 Å². The smallest absolute Gasteiger partial charge is 0.275 e. The van der Waals surface area contributed by atoms with Crippen LogP contribution in [0.2, 0.25) is 0 Å². The third kappa shape index (κ3) is 2.63. The van der Waals surface area contributed by atoms with E-state index >= 15 is 0 Å². The summed E-state index contributed by atoms with van der Waals surface area (Å²) in [5.41, 5.74) is 1.11. The molecular formula is C12H10FN3O. The minimum absolute atomic E-state index is 0.188. The van der Waals surface area contributed by atoms with Crippen LogP contribution in [0.4, 0.5) is 10.1 Å². The van der Waals surface area contributed by atoms with Crippen LogP contribution in [0.5, 0.6) is 0 Å². The fourth-order valence-corrected chi connectivity index (χ4v) is 1.28. The van der Waals surface area contributed by atoms with E-state index in [0.717, 1.165) is 0 Å². The average molecular weight is 231 g/mol. The normalized spacial score (nSPS) is 10.0. The lowest BCUT2D eigenvalue weighted by molar-refractivity contribution is 0.102. The molecule has 2 aromatic rings. The molecule has 0 spiro atoms. The van der Waals surface area contributed by atoms with Gasteiger partial charge in [0.25, 0.3) is 5.91 Å². The third-order valence-electron chi connectivity index (χ3n) is 2.23. The van der Waals surface area contributed by atoms with Crippen molar-refractivity contribution in [2.45, 2.75) is 6.92 Å². The molecule has 1 heterocycles. The lowest BCUT2D eigenvalue weighted by atomic mass is 10.2. The zero-order chi connectivity index (χ0) is 12.3. The Morgan fingerprint density at radius 1 is 1.35 bits per heavy atom. The number of amides is 1. The molecule has 0 bridgehead atoms. The number of aryl methyl sites for hydroxylation is 1. The van der Waals surface area contributed by atoms with Crippen molar-refractivity contribution in [3.63, 3.8) is 0 Å². The molecule has 5 heteroatoms. The summed E-state index contributed by atoms with van der Waals surface area (Å²) in [4.78, 5) is 19.3. The van der Waals surface area contributed by atoms with Crippen LogP contribution in [-0.4, -0.2) is 15.9 Å². The second-order valence-corrected chi connectivity index (χ2v) is 3.51. The van der Waals surface area contributed by atoms with Crippen LogP contribution in [0.3, 0.4) is 0 Å². The molecule has 86 valence electrons. The highest BCUT2D eigenvalue weighted by Crippen LogP contribution is 2.14. The first-order valence-corrected chi connectivity index (χ1v) is 5.00. The number of hydrogen-bond donors (Lipinski definition) is 1. The molecule has 0 fully saturated rings. The van der Waals surface area contributed by atoms with Crippen LogP contribution in [0.25, 0.3) is 0 Å². The Morgan fingerprint density at radius 3 is 2.82 bits per heavy atom. The summed E-state index contributed by atoms with van der Waals surface area (Å²) in [5, 5.41) is 2.54. The van der Waals surface area contributed by atoms with Gasteiger partial charge in [-0.05, 0) is 24.6 Å². The Balaban J connectivity index is 2.16. The minimum Gasteiger partial charge on any atom is -0.321 e. The van der Waals surface area contributed by atoms with E-state index < -0.39 is 5.91 Å². The van der Waals surface area contributed by atoms with Crippen molar-refractivity contribution >= 4 is 11.6 Å². The van der Waals surface area contributed by atoms with Gasteiger partial charge < -0.3 is 5.32 Å². The first kappa shape index (κ1) is 11.2. The van der Waals surface area contributed by atoms with E-state index in [1.54, 1.807) is 19.1 Å². The van der Waals surface area contributed by atoms with E-state index in [-0.39, 0.29) is 11.5 Å². The van der Waals surface area contributed by atoms with Crippen molar-refractivity contribution in [2.75, 3.05) is 5.32 Å². The summed E-state index contributed by atoms with van der Waals surface area (Å²) < 4.78 is 13.3. The maximum Gasteiger partial charge on any atom is 0.275 e. The topological polar surface area (TPSA) is 54.9 Å². The van der Waals surface area contributed by atoms with Gasteiger partial charge >= 0.3 is 0 Å². The van der Waals surface area contributed by atoms with Crippen LogP contribution < -0.4 is 5.32 Å². The summed E-state index contributed by atoms with van der Waals surface area (Å²) in [6, 6.07) is 4.50. The van der Waals surface area contributed by atoms with E-state index in [1.807, 2.05) is 0 Å². The quantitative estimate of drug-likeness (QED) is 0.861. The first-order chi connectivity index (χ1) is 8.16. The molecule has 0 unspecified atom stereocenters. The molecule has 4 nitrogen and oxygen atoms in total. The lowest BCUT2D eigenvalue weighted by Gasteiger charge is -2.05. The monoisotopic (exact) mass is 231 g/mol. The SMILES string of the molecule is Cc1ccc(NC(=O)c2cnccn2)cc1F. The Bertz CT molecular complexity index is 543. The van der Waals surface area contributed by atoms with Crippen molar-refractivity contribution in [3.05, 3.63) is 53.9 Å². The molecule has 1 aromatic heterocycles. The summed E-state index contributed by atoms with van der Waals surface area (Å²) in [5.74, 6) is -0.775. The van der Waals surface area contributed by atoms with Crippen LogP contribution >= 0.6 is 0 Å². The number of aromatic nitrogens is 2. The fourth-order valence-electron chi connectivity index (χ4n) is 1.28. The van der Waals surface area contributed by atoms with Crippen molar-refractivity contribution < 1.29 is 9.18 Å². The Hall–Kier alpha value is -2.30. The molecule has 1 N–H and O–H groups in total. The third-order valence-corrected chi connectivity index (χ3v) is 2.23. The zero-order valence-electron chi connectivity index (χ0n) is 9.14. The van der Waals surface area contributed by atoms with Gasteiger partial charge in [0.2, 0.25) is 0 Å². The number of nitrogens with one attached hydrogen (secondary N) is 1. The highest BCUT2D eigenvalue weighted by Gasteiger charge is 2.08. The summed E-state index contributed by atoms with van der Waals surface area (Å²) in [7, 11) is 0. The maximum atomic E-state index is 13.3. The van der Waals surface area contributed by atoms with Crippen LogP contribution in [0, 0.1) is 12.7 Å². The van der Waals surface area contributed by atoms with E-state index in [2.05, 4.69) is 15.3 Å². The number of benzene rings is 1. The molecule has 0 aliphatic heterocycles. The van der Waals surface area contributed by atoms with Gasteiger partial charge in [0.15, 0.2) is 0 Å². The minimum atomic E-state index is -0.415. The molecule has 2 rings (SSSR count). The number of carbonyl (C=O) groups is 1. The van der Waals surface area contributed by atoms with Crippen molar-refractivity contribution in [1.29, 1.82) is 0 Å². The Kier molecular flexibility index (Phi) is 3.09. The van der Waals surface area contributed by atoms with Crippen LogP contribution in [-0.2, 0) is 0 Å². The Morgan fingerprint density at radius 2 is 2.18 bits per heavy atom. The van der Waals surface area contributed by atoms with Crippen LogP contribution in [0.1, 0.15) is 16.1 Å². The van der Waals surface area contributed by atoms with Crippen molar-refractivity contribution in [3.8, 4) is 0 Å². The number of rotatable bonds is 2. The summed E-state index contributed by atoms with van der Waals surface area (Å²) in [6.07, 6.45) is 4.24.